The first-order chi connectivity index (χ1) is 8.06. The van der Waals surface area contributed by atoms with E-state index in [1.165, 1.54) is 6.92 Å². The molecule has 0 spiro atoms. The number of nitrogens with zero attached hydrogens (tertiary/aromatic N) is 3. The number of aromatic nitrogens is 1. The molecule has 1 unspecified atom stereocenters. The first-order valence-corrected chi connectivity index (χ1v) is 5.63. The minimum absolute atomic E-state index is 0.121. The molecule has 0 aliphatic carbocycles. The maximum Gasteiger partial charge on any atom is 0.222 e. The van der Waals surface area contributed by atoms with Crippen molar-refractivity contribution in [2.45, 2.75) is 33.2 Å². The van der Waals surface area contributed by atoms with Crippen LogP contribution >= 0.6 is 0 Å². The normalized spacial score (nSPS) is 19.1. The lowest BCUT2D eigenvalue weighted by Crippen LogP contribution is -2.22. The molecule has 0 radical (unpaired) electrons. The van der Waals surface area contributed by atoms with Crippen molar-refractivity contribution in [3.8, 4) is 0 Å². The van der Waals surface area contributed by atoms with E-state index in [1.807, 2.05) is 24.1 Å². The van der Waals surface area contributed by atoms with Crippen molar-refractivity contribution in [2.75, 3.05) is 10.3 Å². The fourth-order valence-electron chi connectivity index (χ4n) is 1.96. The van der Waals surface area contributed by atoms with Crippen molar-refractivity contribution in [3.63, 3.8) is 0 Å². The van der Waals surface area contributed by atoms with Gasteiger partial charge in [-0.05, 0) is 19.9 Å². The molecule has 1 atom stereocenters. The fourth-order valence-corrected chi connectivity index (χ4v) is 1.96. The SMILES string of the molecule is CC(=O)Nc1cc(N2N=C(C)CC2C)ccn1. The van der Waals surface area contributed by atoms with Gasteiger partial charge in [0.25, 0.3) is 0 Å². The Hall–Kier alpha value is -1.91. The van der Waals surface area contributed by atoms with Gasteiger partial charge in [-0.3, -0.25) is 9.80 Å². The van der Waals surface area contributed by atoms with Crippen LogP contribution in [0.4, 0.5) is 11.5 Å². The highest BCUT2D eigenvalue weighted by molar-refractivity contribution is 5.89. The summed E-state index contributed by atoms with van der Waals surface area (Å²) in [6, 6.07) is 4.08. The van der Waals surface area contributed by atoms with Crippen LogP contribution in [0.3, 0.4) is 0 Å². The minimum Gasteiger partial charge on any atom is -0.311 e. The van der Waals surface area contributed by atoms with Crippen LogP contribution in [0.15, 0.2) is 23.4 Å². The number of amides is 1. The molecule has 2 heterocycles. The van der Waals surface area contributed by atoms with Crippen molar-refractivity contribution in [1.82, 2.24) is 4.98 Å². The monoisotopic (exact) mass is 232 g/mol. The molecule has 0 bridgehead atoms. The summed E-state index contributed by atoms with van der Waals surface area (Å²) in [5.74, 6) is 0.436. The standard InChI is InChI=1S/C12H16N4O/c1-8-6-9(2)16(15-8)11-4-5-13-12(7-11)14-10(3)17/h4-5,7,9H,6H2,1-3H3,(H,13,14,17). The van der Waals surface area contributed by atoms with Crippen LogP contribution in [0.1, 0.15) is 27.2 Å². The van der Waals surface area contributed by atoms with Crippen molar-refractivity contribution >= 4 is 23.1 Å². The molecule has 1 N–H and O–H groups in total. The van der Waals surface area contributed by atoms with Gasteiger partial charge in [-0.1, -0.05) is 0 Å². The molecule has 0 fully saturated rings. The van der Waals surface area contributed by atoms with Crippen molar-refractivity contribution in [2.24, 2.45) is 5.10 Å². The van der Waals surface area contributed by atoms with E-state index in [0.29, 0.717) is 11.9 Å². The van der Waals surface area contributed by atoms with E-state index < -0.39 is 0 Å². The number of carbonyl (C=O) groups excluding carboxylic acids is 1. The molecule has 1 aromatic heterocycles. The van der Waals surface area contributed by atoms with Crippen LogP contribution in [0.5, 0.6) is 0 Å². The zero-order valence-electron chi connectivity index (χ0n) is 10.3. The highest BCUT2D eigenvalue weighted by Crippen LogP contribution is 2.25. The minimum atomic E-state index is -0.121. The summed E-state index contributed by atoms with van der Waals surface area (Å²) < 4.78 is 0. The van der Waals surface area contributed by atoms with Crippen molar-refractivity contribution in [3.05, 3.63) is 18.3 Å². The number of anilines is 2. The molecule has 0 saturated heterocycles. The third-order valence-corrected chi connectivity index (χ3v) is 2.60. The highest BCUT2D eigenvalue weighted by Gasteiger charge is 2.21. The lowest BCUT2D eigenvalue weighted by Gasteiger charge is -2.20. The molecule has 0 saturated carbocycles. The van der Waals surface area contributed by atoms with Gasteiger partial charge in [-0.15, -0.1) is 0 Å². The third-order valence-electron chi connectivity index (χ3n) is 2.60. The van der Waals surface area contributed by atoms with Crippen molar-refractivity contribution in [1.29, 1.82) is 0 Å². The van der Waals surface area contributed by atoms with Gasteiger partial charge in [0, 0.05) is 31.3 Å². The van der Waals surface area contributed by atoms with Gasteiger partial charge in [0.1, 0.15) is 5.82 Å². The van der Waals surface area contributed by atoms with E-state index in [9.17, 15) is 4.79 Å². The Morgan fingerprint density at radius 1 is 1.59 bits per heavy atom. The lowest BCUT2D eigenvalue weighted by atomic mass is 10.2. The first-order valence-electron chi connectivity index (χ1n) is 5.63. The predicted octanol–water partition coefficient (Wildman–Crippen LogP) is 2.01. The molecular formula is C12H16N4O. The van der Waals surface area contributed by atoms with Gasteiger partial charge >= 0.3 is 0 Å². The zero-order valence-corrected chi connectivity index (χ0v) is 10.3. The van der Waals surface area contributed by atoms with Crippen LogP contribution < -0.4 is 10.3 Å². The Kier molecular flexibility index (Phi) is 3.08. The Bertz CT molecular complexity index is 469. The summed E-state index contributed by atoms with van der Waals surface area (Å²) >= 11 is 0. The number of nitrogens with one attached hydrogen (secondary N) is 1. The highest BCUT2D eigenvalue weighted by atomic mass is 16.1. The molecule has 1 amide bonds. The second-order valence-electron chi connectivity index (χ2n) is 4.31. The first kappa shape index (κ1) is 11.6. The van der Waals surface area contributed by atoms with Gasteiger partial charge in [0.15, 0.2) is 0 Å². The van der Waals surface area contributed by atoms with E-state index in [4.69, 9.17) is 0 Å². The van der Waals surface area contributed by atoms with Crippen LogP contribution in [0, 0.1) is 0 Å². The van der Waals surface area contributed by atoms with E-state index in [-0.39, 0.29) is 5.91 Å². The molecule has 1 aromatic rings. The summed E-state index contributed by atoms with van der Waals surface area (Å²) in [4.78, 5) is 15.1. The summed E-state index contributed by atoms with van der Waals surface area (Å²) in [5.41, 5.74) is 2.07. The quantitative estimate of drug-likeness (QED) is 0.848. The summed E-state index contributed by atoms with van der Waals surface area (Å²) in [6.45, 7) is 5.61. The molecule has 2 rings (SSSR count). The van der Waals surface area contributed by atoms with Gasteiger partial charge in [-0.2, -0.15) is 5.10 Å². The lowest BCUT2D eigenvalue weighted by molar-refractivity contribution is -0.114. The topological polar surface area (TPSA) is 57.6 Å². The Morgan fingerprint density at radius 2 is 2.35 bits per heavy atom. The average molecular weight is 232 g/mol. The smallest absolute Gasteiger partial charge is 0.222 e. The second-order valence-corrected chi connectivity index (χ2v) is 4.31. The van der Waals surface area contributed by atoms with Crippen LogP contribution in [0.2, 0.25) is 0 Å². The maximum atomic E-state index is 11.0. The molecular weight excluding hydrogens is 216 g/mol. The number of hydrogen-bond acceptors (Lipinski definition) is 4. The molecule has 1 aliphatic rings. The van der Waals surface area contributed by atoms with E-state index >= 15 is 0 Å². The van der Waals surface area contributed by atoms with E-state index in [0.717, 1.165) is 17.8 Å². The third kappa shape index (κ3) is 2.61. The van der Waals surface area contributed by atoms with E-state index in [1.54, 1.807) is 6.20 Å². The predicted molar refractivity (Wildman–Crippen MR) is 68.2 cm³/mol. The largest absolute Gasteiger partial charge is 0.311 e. The number of pyridine rings is 1. The molecule has 90 valence electrons. The Labute approximate surface area is 101 Å². The van der Waals surface area contributed by atoms with Gasteiger partial charge < -0.3 is 5.32 Å². The van der Waals surface area contributed by atoms with Crippen molar-refractivity contribution < 1.29 is 4.79 Å². The van der Waals surface area contributed by atoms with Crippen LogP contribution in [-0.4, -0.2) is 22.6 Å². The summed E-state index contributed by atoms with van der Waals surface area (Å²) in [7, 11) is 0. The van der Waals surface area contributed by atoms with E-state index in [2.05, 4.69) is 22.3 Å². The fraction of sp³-hybridized carbons (Fsp3) is 0.417. The van der Waals surface area contributed by atoms with Crippen LogP contribution in [0.25, 0.3) is 0 Å². The Balaban J connectivity index is 2.24. The maximum absolute atomic E-state index is 11.0. The van der Waals surface area contributed by atoms with Gasteiger partial charge in [0.05, 0.1) is 11.7 Å². The van der Waals surface area contributed by atoms with Gasteiger partial charge in [0.2, 0.25) is 5.91 Å². The summed E-state index contributed by atoms with van der Waals surface area (Å²) in [5, 5.41) is 9.10. The van der Waals surface area contributed by atoms with Gasteiger partial charge in [-0.25, -0.2) is 4.98 Å². The number of rotatable bonds is 2. The molecule has 5 heteroatoms. The zero-order chi connectivity index (χ0) is 12.4. The number of carbonyl (C=O) groups is 1. The number of hydrogen-bond donors (Lipinski definition) is 1. The average Bonchev–Trinajstić information content (AvgIpc) is 2.57. The molecule has 1 aliphatic heterocycles. The number of hydrazone groups is 1. The molecule has 0 aromatic carbocycles. The molecule has 5 nitrogen and oxygen atoms in total. The second kappa shape index (κ2) is 4.53. The molecule has 17 heavy (non-hydrogen) atoms. The van der Waals surface area contributed by atoms with Crippen LogP contribution in [-0.2, 0) is 4.79 Å². The summed E-state index contributed by atoms with van der Waals surface area (Å²) in [6.07, 6.45) is 2.65. The Morgan fingerprint density at radius 3 is 2.94 bits per heavy atom.